The van der Waals surface area contributed by atoms with Gasteiger partial charge in [0.1, 0.15) is 8.07 Å². The molecule has 0 heterocycles. The highest BCUT2D eigenvalue weighted by Crippen LogP contribution is 2.23. The van der Waals surface area contributed by atoms with Crippen LogP contribution >= 0.6 is 11.6 Å². The van der Waals surface area contributed by atoms with Crippen LogP contribution in [0.25, 0.3) is 0 Å². The second kappa shape index (κ2) is 6.94. The second-order valence-electron chi connectivity index (χ2n) is 5.63. The fourth-order valence-corrected chi connectivity index (χ4v) is 5.39. The molecule has 0 fully saturated rings. The van der Waals surface area contributed by atoms with Gasteiger partial charge in [-0.05, 0) is 24.1 Å². The number of carbonyl (C=O) groups is 1. The van der Waals surface area contributed by atoms with Crippen LogP contribution in [-0.2, 0) is 6.42 Å². The van der Waals surface area contributed by atoms with E-state index < -0.39 is 14.0 Å². The second-order valence-corrected chi connectivity index (χ2v) is 10.4. The third-order valence-corrected chi connectivity index (χ3v) is 8.30. The summed E-state index contributed by atoms with van der Waals surface area (Å²) in [6, 6.07) is 16.9. The average Bonchev–Trinajstić information content (AvgIpc) is 2.53. The minimum absolute atomic E-state index is 0.423. The van der Waals surface area contributed by atoms with Crippen LogP contribution in [0.2, 0.25) is 17.6 Å². The molecule has 0 aliphatic carbocycles. The van der Waals surface area contributed by atoms with E-state index in [1.165, 1.54) is 5.19 Å². The number of hydrogen-bond acceptors (Lipinski definition) is 1. The number of primary amides is 1. The smallest absolute Gasteiger partial charge is 0.250 e. The van der Waals surface area contributed by atoms with Crippen LogP contribution in [0.1, 0.15) is 15.9 Å². The van der Waals surface area contributed by atoms with Crippen molar-refractivity contribution in [3.63, 3.8) is 0 Å². The number of carbonyl (C=O) groups excluding carboxylic acids is 1. The molecule has 0 radical (unpaired) electrons. The first kappa shape index (κ1) is 16.5. The summed E-state index contributed by atoms with van der Waals surface area (Å²) >= 11 is 6.12. The van der Waals surface area contributed by atoms with Crippen molar-refractivity contribution in [3.8, 4) is 0 Å². The average molecular weight is 330 g/mol. The van der Waals surface area contributed by atoms with Crippen LogP contribution in [0.3, 0.4) is 0 Å². The molecule has 0 aliphatic heterocycles. The van der Waals surface area contributed by atoms with E-state index in [4.69, 9.17) is 17.3 Å². The number of aryl methyl sites for hydroxylation is 1. The lowest BCUT2D eigenvalue weighted by Crippen LogP contribution is -2.43. The van der Waals surface area contributed by atoms with E-state index >= 15 is 0 Å². The fraction of sp³-hybridized carbons (Fsp3) is 0.167. The lowest BCUT2D eigenvalue weighted by atomic mass is 10.0. The van der Waals surface area contributed by atoms with Gasteiger partial charge in [0.05, 0.1) is 10.6 Å². The number of nitrogens with two attached hydrogens (primary N) is 1. The van der Waals surface area contributed by atoms with Gasteiger partial charge in [-0.2, -0.15) is 0 Å². The molecule has 2 aromatic rings. The Bertz CT molecular complexity index is 687. The van der Waals surface area contributed by atoms with Crippen molar-refractivity contribution in [1.82, 2.24) is 0 Å². The SMILES string of the molecule is C=C[Si](C)(CCc1cccc(Cl)c1C(N)=O)c1ccccc1. The maximum atomic E-state index is 11.6. The minimum atomic E-state index is -1.79. The van der Waals surface area contributed by atoms with Crippen LogP contribution in [-0.4, -0.2) is 14.0 Å². The molecule has 2 nitrogen and oxygen atoms in total. The molecule has 4 heteroatoms. The molecule has 114 valence electrons. The molecule has 1 unspecified atom stereocenters. The zero-order valence-corrected chi connectivity index (χ0v) is 14.4. The van der Waals surface area contributed by atoms with Crippen LogP contribution in [0.15, 0.2) is 60.8 Å². The van der Waals surface area contributed by atoms with Crippen LogP contribution in [0.5, 0.6) is 0 Å². The van der Waals surface area contributed by atoms with Gasteiger partial charge < -0.3 is 5.73 Å². The van der Waals surface area contributed by atoms with Crippen molar-refractivity contribution in [3.05, 3.63) is 77.0 Å². The maximum absolute atomic E-state index is 11.6. The Hall–Kier alpha value is -1.84. The lowest BCUT2D eigenvalue weighted by molar-refractivity contribution is 0.0999. The zero-order chi connectivity index (χ0) is 16.2. The molecule has 2 aromatic carbocycles. The van der Waals surface area contributed by atoms with E-state index in [9.17, 15) is 4.79 Å². The van der Waals surface area contributed by atoms with Gasteiger partial charge in [0.15, 0.2) is 0 Å². The molecule has 0 bridgehead atoms. The molecule has 2 N–H and O–H groups in total. The first-order valence-corrected chi connectivity index (χ1v) is 10.4. The van der Waals surface area contributed by atoms with Gasteiger partial charge in [0, 0.05) is 0 Å². The van der Waals surface area contributed by atoms with E-state index in [2.05, 4.69) is 43.1 Å². The molecule has 0 aliphatic rings. The van der Waals surface area contributed by atoms with Gasteiger partial charge in [-0.1, -0.05) is 71.5 Å². The summed E-state index contributed by atoms with van der Waals surface area (Å²) in [5.41, 5.74) is 8.92. The van der Waals surface area contributed by atoms with Gasteiger partial charge in [0.2, 0.25) is 5.91 Å². The quantitative estimate of drug-likeness (QED) is 0.807. The Morgan fingerprint density at radius 1 is 1.23 bits per heavy atom. The highest BCUT2D eigenvalue weighted by Gasteiger charge is 2.26. The van der Waals surface area contributed by atoms with Gasteiger partial charge >= 0.3 is 0 Å². The van der Waals surface area contributed by atoms with E-state index in [-0.39, 0.29) is 0 Å². The van der Waals surface area contributed by atoms with Crippen molar-refractivity contribution in [2.24, 2.45) is 5.73 Å². The number of rotatable bonds is 6. The standard InChI is InChI=1S/C18H20ClNOSi/c1-3-22(2,15-9-5-4-6-10-15)13-12-14-8-7-11-16(19)17(14)18(20)21/h3-11H,1,12-13H2,2H3,(H2,20,21). The molecule has 1 atom stereocenters. The number of benzene rings is 2. The molecule has 0 aromatic heterocycles. The highest BCUT2D eigenvalue weighted by atomic mass is 35.5. The van der Waals surface area contributed by atoms with E-state index in [1.807, 2.05) is 18.2 Å². The molecular formula is C18H20ClNOSi. The van der Waals surface area contributed by atoms with Gasteiger partial charge in [0.25, 0.3) is 0 Å². The zero-order valence-electron chi connectivity index (χ0n) is 12.7. The summed E-state index contributed by atoms with van der Waals surface area (Å²) in [5, 5.41) is 1.76. The Labute approximate surface area is 137 Å². The predicted molar refractivity (Wildman–Crippen MR) is 96.4 cm³/mol. The first-order valence-electron chi connectivity index (χ1n) is 7.24. The number of amides is 1. The highest BCUT2D eigenvalue weighted by molar-refractivity contribution is 6.94. The van der Waals surface area contributed by atoms with E-state index in [1.54, 1.807) is 6.07 Å². The van der Waals surface area contributed by atoms with Crippen molar-refractivity contribution in [2.45, 2.75) is 19.0 Å². The summed E-state index contributed by atoms with van der Waals surface area (Å²) in [6.45, 7) is 6.32. The molecule has 0 saturated carbocycles. The summed E-state index contributed by atoms with van der Waals surface area (Å²) in [5.74, 6) is -0.470. The predicted octanol–water partition coefficient (Wildman–Crippen LogP) is 3.69. The summed E-state index contributed by atoms with van der Waals surface area (Å²) in [7, 11) is -1.79. The first-order chi connectivity index (χ1) is 10.5. The normalized spacial score (nSPS) is 13.4. The molecule has 0 spiro atoms. The molecule has 2 rings (SSSR count). The third kappa shape index (κ3) is 3.49. The van der Waals surface area contributed by atoms with Crippen LogP contribution in [0.4, 0.5) is 0 Å². The van der Waals surface area contributed by atoms with Gasteiger partial charge in [-0.15, -0.1) is 6.58 Å². The Balaban J connectivity index is 2.27. The van der Waals surface area contributed by atoms with Crippen LogP contribution < -0.4 is 10.9 Å². The van der Waals surface area contributed by atoms with Gasteiger partial charge in [-0.25, -0.2) is 0 Å². The van der Waals surface area contributed by atoms with E-state index in [0.717, 1.165) is 18.0 Å². The topological polar surface area (TPSA) is 43.1 Å². The van der Waals surface area contributed by atoms with Gasteiger partial charge in [-0.3, -0.25) is 4.79 Å². The molecule has 0 saturated heterocycles. The van der Waals surface area contributed by atoms with Crippen molar-refractivity contribution in [1.29, 1.82) is 0 Å². The molecule has 22 heavy (non-hydrogen) atoms. The van der Waals surface area contributed by atoms with Crippen molar-refractivity contribution < 1.29 is 4.79 Å². The number of halogens is 1. The Morgan fingerprint density at radius 3 is 2.50 bits per heavy atom. The lowest BCUT2D eigenvalue weighted by Gasteiger charge is -2.24. The van der Waals surface area contributed by atoms with E-state index in [0.29, 0.717) is 10.6 Å². The Kier molecular flexibility index (Phi) is 5.22. The largest absolute Gasteiger partial charge is 0.366 e. The van der Waals surface area contributed by atoms with Crippen LogP contribution in [0, 0.1) is 0 Å². The van der Waals surface area contributed by atoms with Crippen molar-refractivity contribution in [2.75, 3.05) is 0 Å². The summed E-state index contributed by atoms with van der Waals surface area (Å²) in [6.07, 6.45) is 0.766. The summed E-state index contributed by atoms with van der Waals surface area (Å²) in [4.78, 5) is 11.6. The molecular weight excluding hydrogens is 310 g/mol. The fourth-order valence-electron chi connectivity index (χ4n) is 2.63. The summed E-state index contributed by atoms with van der Waals surface area (Å²) < 4.78 is 0. The van der Waals surface area contributed by atoms with Crippen molar-refractivity contribution >= 4 is 30.8 Å². The number of hydrogen-bond donors (Lipinski definition) is 1. The third-order valence-electron chi connectivity index (χ3n) is 4.14. The monoisotopic (exact) mass is 329 g/mol. The minimum Gasteiger partial charge on any atom is -0.366 e. The Morgan fingerprint density at radius 2 is 1.91 bits per heavy atom. The maximum Gasteiger partial charge on any atom is 0.250 e. The molecule has 1 amide bonds.